The maximum Gasteiger partial charge on any atom is 0.296 e. The Morgan fingerprint density at radius 3 is 2.81 bits per heavy atom. The Bertz CT molecular complexity index is 950. The van der Waals surface area contributed by atoms with Crippen molar-refractivity contribution in [1.29, 1.82) is 0 Å². The van der Waals surface area contributed by atoms with E-state index in [-0.39, 0.29) is 29.8 Å². The number of hydrogen-bond donors (Lipinski definition) is 2. The maximum atomic E-state index is 12.9. The van der Waals surface area contributed by atoms with Crippen LogP contribution in [0.1, 0.15) is 32.1 Å². The second-order valence-electron chi connectivity index (χ2n) is 9.70. The van der Waals surface area contributed by atoms with E-state index in [9.17, 15) is 15.0 Å². The number of nitrogens with zero attached hydrogens (tertiary/aromatic N) is 2. The van der Waals surface area contributed by atoms with E-state index in [1.54, 1.807) is 6.08 Å². The molecule has 31 heavy (non-hydrogen) atoms. The highest BCUT2D eigenvalue weighted by Gasteiger charge is 2.55. The van der Waals surface area contributed by atoms with E-state index in [4.69, 9.17) is 9.47 Å². The molecule has 0 aromatic heterocycles. The zero-order valence-electron chi connectivity index (χ0n) is 17.4. The number of amidine groups is 1. The monoisotopic (exact) mass is 424 g/mol. The third-order valence-corrected chi connectivity index (χ3v) is 7.93. The topological polar surface area (TPSA) is 91.6 Å². The molecular formula is C24H28N2O5. The van der Waals surface area contributed by atoms with Crippen LogP contribution in [0.25, 0.3) is 0 Å². The van der Waals surface area contributed by atoms with Gasteiger partial charge in [-0.2, -0.15) is 4.99 Å². The van der Waals surface area contributed by atoms with Crippen LogP contribution >= 0.6 is 0 Å². The van der Waals surface area contributed by atoms with Gasteiger partial charge in [0, 0.05) is 38.3 Å². The van der Waals surface area contributed by atoms with Gasteiger partial charge in [0.2, 0.25) is 0 Å². The van der Waals surface area contributed by atoms with Gasteiger partial charge in [0.15, 0.2) is 11.9 Å². The minimum atomic E-state index is -0.919. The van der Waals surface area contributed by atoms with E-state index in [0.29, 0.717) is 43.5 Å². The summed E-state index contributed by atoms with van der Waals surface area (Å²) in [6.07, 6.45) is 14.5. The third-order valence-electron chi connectivity index (χ3n) is 7.93. The molecule has 1 saturated carbocycles. The molecule has 1 amide bonds. The molecule has 7 unspecified atom stereocenters. The summed E-state index contributed by atoms with van der Waals surface area (Å²) in [5, 5.41) is 20.3. The van der Waals surface area contributed by atoms with Crippen LogP contribution in [0, 0.1) is 23.7 Å². The first-order valence-electron chi connectivity index (χ1n) is 11.4. The Hall–Kier alpha value is -2.38. The lowest BCUT2D eigenvalue weighted by Crippen LogP contribution is -2.46. The molecule has 0 aromatic rings. The van der Waals surface area contributed by atoms with Crippen molar-refractivity contribution >= 4 is 11.9 Å². The number of likely N-dealkylation sites (tertiary alicyclic amines) is 1. The summed E-state index contributed by atoms with van der Waals surface area (Å²) in [6.45, 7) is 1.43. The van der Waals surface area contributed by atoms with Crippen LogP contribution in [0.5, 0.6) is 0 Å². The molecular weight excluding hydrogens is 396 g/mol. The molecule has 0 aromatic carbocycles. The van der Waals surface area contributed by atoms with Gasteiger partial charge in [-0.15, -0.1) is 0 Å². The standard InChI is InChI=1S/C24H28N2O5/c27-16-6-5-14-12-24(13-15(14)11-16)22(29)25-23(31-24)26-9-7-18-17-3-1-2-4-19(17)21(28)30-20(18)8-10-26/h1-6,15,17-21,27-28H,7-13H2. The number of amides is 1. The van der Waals surface area contributed by atoms with Crippen LogP contribution in [0.4, 0.5) is 0 Å². The Morgan fingerprint density at radius 2 is 1.94 bits per heavy atom. The van der Waals surface area contributed by atoms with Crippen LogP contribution in [0.15, 0.2) is 52.8 Å². The largest absolute Gasteiger partial charge is 0.512 e. The van der Waals surface area contributed by atoms with Crippen molar-refractivity contribution in [3.63, 3.8) is 0 Å². The fourth-order valence-corrected chi connectivity index (χ4v) is 6.33. The van der Waals surface area contributed by atoms with E-state index < -0.39 is 11.9 Å². The number of carbonyl (C=O) groups is 1. The van der Waals surface area contributed by atoms with E-state index in [1.807, 2.05) is 18.2 Å². The predicted molar refractivity (Wildman–Crippen MR) is 113 cm³/mol. The van der Waals surface area contributed by atoms with Gasteiger partial charge < -0.3 is 24.6 Å². The van der Waals surface area contributed by atoms with E-state index in [0.717, 1.165) is 25.0 Å². The molecule has 1 spiro atoms. The zero-order valence-corrected chi connectivity index (χ0v) is 17.4. The van der Waals surface area contributed by atoms with Crippen LogP contribution in [-0.4, -0.2) is 58.1 Å². The second kappa shape index (κ2) is 7.07. The summed E-state index contributed by atoms with van der Waals surface area (Å²) in [7, 11) is 0. The lowest BCUT2D eigenvalue weighted by atomic mass is 9.72. The Labute approximate surface area is 181 Å². The molecule has 0 radical (unpaired) electrons. The van der Waals surface area contributed by atoms with Gasteiger partial charge in [-0.05, 0) is 36.7 Å². The zero-order chi connectivity index (χ0) is 21.2. The molecule has 2 N–H and O–H groups in total. The van der Waals surface area contributed by atoms with Crippen molar-refractivity contribution in [2.24, 2.45) is 28.7 Å². The summed E-state index contributed by atoms with van der Waals surface area (Å²) in [5.41, 5.74) is 0.243. The van der Waals surface area contributed by atoms with Gasteiger partial charge in [-0.1, -0.05) is 36.0 Å². The molecule has 2 saturated heterocycles. The highest BCUT2D eigenvalue weighted by Crippen LogP contribution is 2.48. The summed E-state index contributed by atoms with van der Waals surface area (Å²) >= 11 is 0. The molecule has 7 nitrogen and oxygen atoms in total. The SMILES string of the molecule is O=C1N=C(N2CCC3OC(O)C4C=CC=CC4C3CC2)OC12CC1=CC=C(O)CC1C2. The van der Waals surface area contributed by atoms with Crippen molar-refractivity contribution in [1.82, 2.24) is 4.90 Å². The average molecular weight is 424 g/mol. The second-order valence-corrected chi connectivity index (χ2v) is 9.70. The summed E-state index contributed by atoms with van der Waals surface area (Å²) in [4.78, 5) is 19.3. The Morgan fingerprint density at radius 1 is 1.13 bits per heavy atom. The van der Waals surface area contributed by atoms with Crippen LogP contribution < -0.4 is 0 Å². The molecule has 3 fully saturated rings. The number of carbonyl (C=O) groups excluding carboxylic acids is 1. The van der Waals surface area contributed by atoms with Gasteiger partial charge in [0.25, 0.3) is 11.9 Å². The fourth-order valence-electron chi connectivity index (χ4n) is 6.33. The quantitative estimate of drug-likeness (QED) is 0.621. The van der Waals surface area contributed by atoms with Gasteiger partial charge >= 0.3 is 0 Å². The first-order valence-corrected chi connectivity index (χ1v) is 11.4. The van der Waals surface area contributed by atoms with Gasteiger partial charge in [0.05, 0.1) is 11.9 Å². The first kappa shape index (κ1) is 19.3. The summed E-state index contributed by atoms with van der Waals surface area (Å²) < 4.78 is 12.3. The average Bonchev–Trinajstić information content (AvgIpc) is 3.19. The lowest BCUT2D eigenvalue weighted by molar-refractivity contribution is -0.216. The molecule has 0 bridgehead atoms. The number of fused-ring (bicyclic) bond motifs is 4. The van der Waals surface area contributed by atoms with E-state index in [2.05, 4.69) is 22.0 Å². The number of aliphatic hydroxyl groups excluding tert-OH is 2. The molecule has 3 aliphatic heterocycles. The van der Waals surface area contributed by atoms with Gasteiger partial charge in [0.1, 0.15) is 0 Å². The number of hydrogen-bond acceptors (Lipinski definition) is 6. The molecule has 6 aliphatic rings. The molecule has 7 heteroatoms. The highest BCUT2D eigenvalue weighted by atomic mass is 16.6. The van der Waals surface area contributed by atoms with E-state index >= 15 is 0 Å². The van der Waals surface area contributed by atoms with Crippen molar-refractivity contribution in [3.05, 3.63) is 47.8 Å². The predicted octanol–water partition coefficient (Wildman–Crippen LogP) is 2.61. The third kappa shape index (κ3) is 3.09. The van der Waals surface area contributed by atoms with Gasteiger partial charge in [-0.3, -0.25) is 4.79 Å². The van der Waals surface area contributed by atoms with Crippen LogP contribution in [0.3, 0.4) is 0 Å². The van der Waals surface area contributed by atoms with Gasteiger partial charge in [-0.25, -0.2) is 0 Å². The smallest absolute Gasteiger partial charge is 0.296 e. The lowest BCUT2D eigenvalue weighted by Gasteiger charge is -2.43. The molecule has 6 rings (SSSR count). The van der Waals surface area contributed by atoms with Crippen molar-refractivity contribution in [2.75, 3.05) is 13.1 Å². The maximum absolute atomic E-state index is 12.9. The van der Waals surface area contributed by atoms with E-state index in [1.165, 1.54) is 0 Å². The molecule has 3 heterocycles. The van der Waals surface area contributed by atoms with Crippen LogP contribution in [0.2, 0.25) is 0 Å². The van der Waals surface area contributed by atoms with Crippen molar-refractivity contribution in [3.8, 4) is 0 Å². The summed E-state index contributed by atoms with van der Waals surface area (Å²) in [6, 6.07) is 0.427. The number of allylic oxidation sites excluding steroid dienone is 6. The number of rotatable bonds is 0. The fraction of sp³-hybridized carbons (Fsp3) is 0.583. The Kier molecular flexibility index (Phi) is 4.40. The first-order chi connectivity index (χ1) is 15.0. The number of ether oxygens (including phenoxy) is 2. The highest BCUT2D eigenvalue weighted by molar-refractivity contribution is 6.02. The minimum Gasteiger partial charge on any atom is -0.512 e. The number of aliphatic hydroxyl groups is 2. The van der Waals surface area contributed by atoms with Crippen molar-refractivity contribution in [2.45, 2.75) is 50.1 Å². The molecule has 164 valence electrons. The molecule has 3 aliphatic carbocycles. The summed E-state index contributed by atoms with van der Waals surface area (Å²) in [5.74, 6) is 0.893. The number of aliphatic imine (C=N–C) groups is 1. The minimum absolute atomic E-state index is 0.00264. The van der Waals surface area contributed by atoms with Crippen molar-refractivity contribution < 1.29 is 24.5 Å². The molecule has 7 atom stereocenters. The normalized spacial score (nSPS) is 43.5. The Balaban J connectivity index is 1.17. The van der Waals surface area contributed by atoms with Crippen LogP contribution in [-0.2, 0) is 14.3 Å².